The lowest BCUT2D eigenvalue weighted by Crippen LogP contribution is -2.42. The van der Waals surface area contributed by atoms with Gasteiger partial charge in [-0.1, -0.05) is 0 Å². The summed E-state index contributed by atoms with van der Waals surface area (Å²) in [6.45, 7) is -2.31. The van der Waals surface area contributed by atoms with Gasteiger partial charge in [0.05, 0.1) is 4.47 Å². The van der Waals surface area contributed by atoms with E-state index in [0.717, 1.165) is 6.20 Å². The summed E-state index contributed by atoms with van der Waals surface area (Å²) >= 11 is 2.83. The Morgan fingerprint density at radius 3 is 2.61 bits per heavy atom. The molecule has 2 N–H and O–H groups in total. The second-order valence-electron chi connectivity index (χ2n) is 3.22. The number of nitrogens with zero attached hydrogens (tertiary/aromatic N) is 1. The van der Waals surface area contributed by atoms with Crippen LogP contribution in [0.1, 0.15) is 0 Å². The van der Waals surface area contributed by atoms with Gasteiger partial charge in [-0.25, -0.2) is 9.36 Å². The molecule has 0 bridgehead atoms. The maximum Gasteiger partial charge on any atom is 0.405 e. The summed E-state index contributed by atoms with van der Waals surface area (Å²) in [6.07, 6.45) is -3.47. The van der Waals surface area contributed by atoms with Gasteiger partial charge in [-0.15, -0.1) is 0 Å². The Morgan fingerprint density at radius 2 is 2.06 bits per heavy atom. The van der Waals surface area contributed by atoms with Crippen LogP contribution >= 0.6 is 15.9 Å². The topological polar surface area (TPSA) is 84.0 Å². The lowest BCUT2D eigenvalue weighted by Gasteiger charge is -2.09. The Morgan fingerprint density at radius 1 is 1.44 bits per heavy atom. The molecule has 0 aliphatic rings. The zero-order valence-corrected chi connectivity index (χ0v) is 10.3. The van der Waals surface area contributed by atoms with E-state index in [0.29, 0.717) is 4.57 Å². The maximum absolute atomic E-state index is 11.8. The lowest BCUT2D eigenvalue weighted by atomic mass is 10.5. The first-order valence-corrected chi connectivity index (χ1v) is 5.31. The third kappa shape index (κ3) is 4.02. The number of carbonyl (C=O) groups excluding carboxylic acids is 1. The molecule has 0 fully saturated rings. The van der Waals surface area contributed by atoms with Gasteiger partial charge in [0.2, 0.25) is 5.91 Å². The van der Waals surface area contributed by atoms with Crippen molar-refractivity contribution < 1.29 is 18.0 Å². The molecule has 0 aliphatic heterocycles. The third-order valence-electron chi connectivity index (χ3n) is 1.80. The molecular formula is C8H7BrF3N3O3. The van der Waals surface area contributed by atoms with Gasteiger partial charge in [0, 0.05) is 6.20 Å². The number of aromatic amines is 1. The van der Waals surface area contributed by atoms with Crippen molar-refractivity contribution in [3.05, 3.63) is 31.5 Å². The van der Waals surface area contributed by atoms with E-state index in [-0.39, 0.29) is 4.47 Å². The standard InChI is InChI=1S/C8H7BrF3N3O3/c9-4-1-13-7(18)15(6(4)17)2-5(16)14-3-8(10,11)12/h1H,2-3H2,(H,13,18)(H,14,16). The van der Waals surface area contributed by atoms with E-state index in [1.165, 1.54) is 0 Å². The summed E-state index contributed by atoms with van der Waals surface area (Å²) in [7, 11) is 0. The minimum absolute atomic E-state index is 0.00859. The zero-order valence-electron chi connectivity index (χ0n) is 8.68. The van der Waals surface area contributed by atoms with Crippen LogP contribution in [0.15, 0.2) is 20.3 Å². The molecule has 100 valence electrons. The van der Waals surface area contributed by atoms with Crippen molar-refractivity contribution in [1.82, 2.24) is 14.9 Å². The molecule has 0 spiro atoms. The van der Waals surface area contributed by atoms with Crippen LogP contribution in [-0.4, -0.2) is 28.2 Å². The normalized spacial score (nSPS) is 11.3. The first kappa shape index (κ1) is 14.5. The molecule has 1 heterocycles. The lowest BCUT2D eigenvalue weighted by molar-refractivity contribution is -0.138. The quantitative estimate of drug-likeness (QED) is 0.817. The van der Waals surface area contributed by atoms with Crippen LogP contribution < -0.4 is 16.6 Å². The van der Waals surface area contributed by atoms with E-state index in [9.17, 15) is 27.6 Å². The van der Waals surface area contributed by atoms with Crippen LogP contribution in [0.5, 0.6) is 0 Å². The summed E-state index contributed by atoms with van der Waals surface area (Å²) < 4.78 is 35.9. The average Bonchev–Trinajstić information content (AvgIpc) is 2.26. The highest BCUT2D eigenvalue weighted by Crippen LogP contribution is 2.11. The van der Waals surface area contributed by atoms with Gasteiger partial charge in [0.15, 0.2) is 0 Å². The largest absolute Gasteiger partial charge is 0.405 e. The van der Waals surface area contributed by atoms with Gasteiger partial charge in [-0.2, -0.15) is 13.2 Å². The average molecular weight is 330 g/mol. The summed E-state index contributed by atoms with van der Waals surface area (Å²) in [5, 5.41) is 1.55. The third-order valence-corrected chi connectivity index (χ3v) is 2.37. The predicted molar refractivity (Wildman–Crippen MR) is 58.1 cm³/mol. The van der Waals surface area contributed by atoms with Gasteiger partial charge < -0.3 is 10.3 Å². The molecule has 1 rings (SSSR count). The van der Waals surface area contributed by atoms with Crippen molar-refractivity contribution in [2.45, 2.75) is 12.7 Å². The molecule has 0 saturated carbocycles. The van der Waals surface area contributed by atoms with E-state index in [2.05, 4.69) is 20.9 Å². The van der Waals surface area contributed by atoms with E-state index in [4.69, 9.17) is 0 Å². The first-order valence-electron chi connectivity index (χ1n) is 4.52. The van der Waals surface area contributed by atoms with Gasteiger partial charge in [0.25, 0.3) is 5.56 Å². The van der Waals surface area contributed by atoms with Crippen molar-refractivity contribution >= 4 is 21.8 Å². The second-order valence-corrected chi connectivity index (χ2v) is 4.08. The monoisotopic (exact) mass is 329 g/mol. The fourth-order valence-electron chi connectivity index (χ4n) is 1.03. The first-order chi connectivity index (χ1) is 8.20. The van der Waals surface area contributed by atoms with Crippen molar-refractivity contribution in [2.75, 3.05) is 6.54 Å². The number of hydrogen-bond donors (Lipinski definition) is 2. The minimum atomic E-state index is -4.55. The summed E-state index contributed by atoms with van der Waals surface area (Å²) in [5.41, 5.74) is -1.69. The fraction of sp³-hybridized carbons (Fsp3) is 0.375. The van der Waals surface area contributed by atoms with E-state index in [1.54, 1.807) is 5.32 Å². The number of rotatable bonds is 3. The van der Waals surface area contributed by atoms with Crippen LogP contribution in [0.3, 0.4) is 0 Å². The van der Waals surface area contributed by atoms with E-state index < -0.39 is 36.4 Å². The van der Waals surface area contributed by atoms with Crippen LogP contribution in [0.4, 0.5) is 13.2 Å². The van der Waals surface area contributed by atoms with Crippen LogP contribution in [-0.2, 0) is 11.3 Å². The molecule has 0 aromatic carbocycles. The highest BCUT2D eigenvalue weighted by molar-refractivity contribution is 9.10. The number of halogens is 4. The Hall–Kier alpha value is -1.58. The number of hydrogen-bond acceptors (Lipinski definition) is 3. The highest BCUT2D eigenvalue weighted by Gasteiger charge is 2.27. The van der Waals surface area contributed by atoms with Gasteiger partial charge >= 0.3 is 11.9 Å². The number of aromatic nitrogens is 2. The molecule has 0 radical (unpaired) electrons. The summed E-state index contributed by atoms with van der Waals surface area (Å²) in [5.74, 6) is -1.09. The van der Waals surface area contributed by atoms with Crippen molar-refractivity contribution in [3.8, 4) is 0 Å². The Labute approximate surface area is 106 Å². The number of nitrogens with one attached hydrogen (secondary N) is 2. The smallest absolute Gasteiger partial charge is 0.345 e. The maximum atomic E-state index is 11.8. The molecular weight excluding hydrogens is 323 g/mol. The molecule has 18 heavy (non-hydrogen) atoms. The molecule has 1 aromatic rings. The van der Waals surface area contributed by atoms with Crippen LogP contribution in [0.25, 0.3) is 0 Å². The summed E-state index contributed by atoms with van der Waals surface area (Å²) in [6, 6.07) is 0. The van der Waals surface area contributed by atoms with Gasteiger partial charge in [-0.05, 0) is 15.9 Å². The molecule has 6 nitrogen and oxygen atoms in total. The van der Waals surface area contributed by atoms with Crippen molar-refractivity contribution in [1.29, 1.82) is 0 Å². The number of H-pyrrole nitrogens is 1. The molecule has 10 heteroatoms. The second kappa shape index (κ2) is 5.38. The Bertz CT molecular complexity index is 563. The van der Waals surface area contributed by atoms with E-state index in [1.807, 2.05) is 0 Å². The highest BCUT2D eigenvalue weighted by atomic mass is 79.9. The SMILES string of the molecule is O=C(Cn1c(=O)[nH]cc(Br)c1=O)NCC(F)(F)F. The van der Waals surface area contributed by atoms with E-state index >= 15 is 0 Å². The Balaban J connectivity index is 2.80. The minimum Gasteiger partial charge on any atom is -0.345 e. The summed E-state index contributed by atoms with van der Waals surface area (Å²) in [4.78, 5) is 35.9. The molecule has 1 aromatic heterocycles. The molecule has 0 unspecified atom stereocenters. The number of amides is 1. The molecule has 0 saturated heterocycles. The fourth-order valence-corrected chi connectivity index (χ4v) is 1.36. The molecule has 1 amide bonds. The zero-order chi connectivity index (χ0) is 13.9. The predicted octanol–water partition coefficient (Wildman–Crippen LogP) is -0.0224. The van der Waals surface area contributed by atoms with Crippen LogP contribution in [0.2, 0.25) is 0 Å². The molecule has 0 atom stereocenters. The van der Waals surface area contributed by atoms with Crippen molar-refractivity contribution in [3.63, 3.8) is 0 Å². The van der Waals surface area contributed by atoms with Gasteiger partial charge in [0.1, 0.15) is 13.1 Å². The Kier molecular flexibility index (Phi) is 4.33. The number of carbonyl (C=O) groups is 1. The van der Waals surface area contributed by atoms with Crippen LogP contribution in [0, 0.1) is 0 Å². The van der Waals surface area contributed by atoms with Crippen molar-refractivity contribution in [2.24, 2.45) is 0 Å². The molecule has 0 aliphatic carbocycles. The number of alkyl halides is 3. The van der Waals surface area contributed by atoms with Gasteiger partial charge in [-0.3, -0.25) is 9.59 Å².